The number of hydrogen-bond donors (Lipinski definition) is 1. The van der Waals surface area contributed by atoms with Crippen LogP contribution in [0.25, 0.3) is 0 Å². The molecule has 1 aliphatic heterocycles. The van der Waals surface area contributed by atoms with Gasteiger partial charge in [0.15, 0.2) is 0 Å². The number of carbonyl (C=O) groups excluding carboxylic acids is 1. The normalized spacial score (nSPS) is 15.1. The zero-order chi connectivity index (χ0) is 15.9. The zero-order valence-corrected chi connectivity index (χ0v) is 13.0. The van der Waals surface area contributed by atoms with Crippen LogP contribution in [-0.2, 0) is 11.3 Å². The number of nitrogens with one attached hydrogen (secondary N) is 1. The molecule has 23 heavy (non-hydrogen) atoms. The van der Waals surface area contributed by atoms with Crippen molar-refractivity contribution in [1.29, 1.82) is 0 Å². The second-order valence-corrected chi connectivity index (χ2v) is 5.62. The van der Waals surface area contributed by atoms with Crippen LogP contribution in [0.15, 0.2) is 54.9 Å². The van der Waals surface area contributed by atoms with Crippen molar-refractivity contribution in [3.05, 3.63) is 60.4 Å². The van der Waals surface area contributed by atoms with Crippen molar-refractivity contribution in [2.75, 3.05) is 18.1 Å². The maximum absolute atomic E-state index is 12.8. The third-order valence-electron chi connectivity index (χ3n) is 3.93. The second-order valence-electron chi connectivity index (χ2n) is 5.62. The molecule has 1 N–H and O–H groups in total. The third kappa shape index (κ3) is 4.29. The van der Waals surface area contributed by atoms with Crippen molar-refractivity contribution in [3.63, 3.8) is 0 Å². The molecule has 1 aromatic carbocycles. The first kappa shape index (κ1) is 15.5. The topological polar surface area (TPSA) is 54.5 Å². The van der Waals surface area contributed by atoms with Crippen LogP contribution in [0.4, 0.5) is 10.5 Å². The Balaban J connectivity index is 1.75. The molecule has 5 nitrogen and oxygen atoms in total. The van der Waals surface area contributed by atoms with Gasteiger partial charge in [0.2, 0.25) is 0 Å². The quantitative estimate of drug-likeness (QED) is 0.944. The van der Waals surface area contributed by atoms with E-state index >= 15 is 0 Å². The van der Waals surface area contributed by atoms with Crippen LogP contribution in [0.1, 0.15) is 18.4 Å². The van der Waals surface area contributed by atoms with Gasteiger partial charge in [-0.2, -0.15) is 0 Å². The molecule has 0 radical (unpaired) electrons. The lowest BCUT2D eigenvalue weighted by Gasteiger charge is -2.28. The van der Waals surface area contributed by atoms with Gasteiger partial charge in [0, 0.05) is 37.3 Å². The van der Waals surface area contributed by atoms with Crippen molar-refractivity contribution in [1.82, 2.24) is 10.3 Å². The Hall–Kier alpha value is -2.40. The number of aromatic nitrogens is 1. The fourth-order valence-electron chi connectivity index (χ4n) is 2.66. The van der Waals surface area contributed by atoms with Gasteiger partial charge in [-0.15, -0.1) is 0 Å². The SMILES string of the molecule is O=C(NC1CCOCC1)N(Cc1cccnc1)c1ccccc1. The lowest BCUT2D eigenvalue weighted by molar-refractivity contribution is 0.0803. The smallest absolute Gasteiger partial charge is 0.322 e. The van der Waals surface area contributed by atoms with Crippen LogP contribution in [0, 0.1) is 0 Å². The number of rotatable bonds is 4. The van der Waals surface area contributed by atoms with Crippen LogP contribution in [0.3, 0.4) is 0 Å². The van der Waals surface area contributed by atoms with Crippen LogP contribution >= 0.6 is 0 Å². The monoisotopic (exact) mass is 311 g/mol. The van der Waals surface area contributed by atoms with Crippen LogP contribution < -0.4 is 10.2 Å². The zero-order valence-electron chi connectivity index (χ0n) is 13.0. The molecule has 1 fully saturated rings. The van der Waals surface area contributed by atoms with Crippen molar-refractivity contribution < 1.29 is 9.53 Å². The highest BCUT2D eigenvalue weighted by Crippen LogP contribution is 2.17. The molecule has 0 spiro atoms. The van der Waals surface area contributed by atoms with E-state index in [0.29, 0.717) is 19.8 Å². The van der Waals surface area contributed by atoms with E-state index in [4.69, 9.17) is 4.74 Å². The highest BCUT2D eigenvalue weighted by atomic mass is 16.5. The molecule has 0 aliphatic carbocycles. The minimum absolute atomic E-state index is 0.0769. The van der Waals surface area contributed by atoms with Gasteiger partial charge in [0.25, 0.3) is 0 Å². The summed E-state index contributed by atoms with van der Waals surface area (Å²) in [4.78, 5) is 18.7. The van der Waals surface area contributed by atoms with E-state index in [-0.39, 0.29) is 12.1 Å². The number of anilines is 1. The standard InChI is InChI=1S/C18H21N3O2/c22-18(20-16-8-11-23-12-9-16)21(17-6-2-1-3-7-17)14-15-5-4-10-19-13-15/h1-7,10,13,16H,8-9,11-12,14H2,(H,20,22). The van der Waals surface area contributed by atoms with Crippen LogP contribution in [0.2, 0.25) is 0 Å². The molecule has 2 aromatic rings. The third-order valence-corrected chi connectivity index (χ3v) is 3.93. The largest absolute Gasteiger partial charge is 0.381 e. The van der Waals surface area contributed by atoms with Gasteiger partial charge in [-0.25, -0.2) is 4.79 Å². The van der Waals surface area contributed by atoms with Gasteiger partial charge < -0.3 is 10.1 Å². The first-order chi connectivity index (χ1) is 11.3. The number of hydrogen-bond acceptors (Lipinski definition) is 3. The molecule has 0 bridgehead atoms. The fourth-order valence-corrected chi connectivity index (χ4v) is 2.66. The summed E-state index contributed by atoms with van der Waals surface area (Å²) in [6.45, 7) is 1.91. The molecule has 1 aliphatic rings. The summed E-state index contributed by atoms with van der Waals surface area (Å²) >= 11 is 0. The van der Waals surface area contributed by atoms with Crippen molar-refractivity contribution >= 4 is 11.7 Å². The fraction of sp³-hybridized carbons (Fsp3) is 0.333. The van der Waals surface area contributed by atoms with E-state index in [9.17, 15) is 4.79 Å². The molecule has 2 amide bonds. The number of benzene rings is 1. The van der Waals surface area contributed by atoms with E-state index in [0.717, 1.165) is 24.1 Å². The predicted octanol–water partition coefficient (Wildman–Crippen LogP) is 2.98. The molecular weight excluding hydrogens is 290 g/mol. The first-order valence-electron chi connectivity index (χ1n) is 7.92. The number of para-hydroxylation sites is 1. The molecule has 1 aromatic heterocycles. The number of nitrogens with zero attached hydrogens (tertiary/aromatic N) is 2. The Morgan fingerprint density at radius 2 is 1.96 bits per heavy atom. The van der Waals surface area contributed by atoms with Gasteiger partial charge in [-0.1, -0.05) is 24.3 Å². The minimum atomic E-state index is -0.0769. The Labute approximate surface area is 136 Å². The number of amides is 2. The summed E-state index contributed by atoms with van der Waals surface area (Å²) in [6, 6.07) is 13.7. The molecule has 5 heteroatoms. The van der Waals surface area contributed by atoms with Gasteiger partial charge in [-0.3, -0.25) is 9.88 Å². The summed E-state index contributed by atoms with van der Waals surface area (Å²) in [5.41, 5.74) is 1.87. The molecule has 1 saturated heterocycles. The summed E-state index contributed by atoms with van der Waals surface area (Å²) in [6.07, 6.45) is 5.25. The lowest BCUT2D eigenvalue weighted by atomic mass is 10.1. The Bertz CT molecular complexity index is 613. The Kier molecular flexibility index (Phi) is 5.21. The molecule has 120 valence electrons. The van der Waals surface area contributed by atoms with Gasteiger partial charge in [0.1, 0.15) is 0 Å². The molecule has 0 saturated carbocycles. The summed E-state index contributed by atoms with van der Waals surface area (Å²) in [7, 11) is 0. The first-order valence-corrected chi connectivity index (χ1v) is 7.92. The Morgan fingerprint density at radius 3 is 2.65 bits per heavy atom. The van der Waals surface area contributed by atoms with Crippen molar-refractivity contribution in [3.8, 4) is 0 Å². The number of pyridine rings is 1. The van der Waals surface area contributed by atoms with Gasteiger partial charge in [-0.05, 0) is 36.6 Å². The number of carbonyl (C=O) groups is 1. The van der Waals surface area contributed by atoms with E-state index < -0.39 is 0 Å². The highest BCUT2D eigenvalue weighted by molar-refractivity contribution is 5.92. The summed E-state index contributed by atoms with van der Waals surface area (Å²) < 4.78 is 5.35. The predicted molar refractivity (Wildman–Crippen MR) is 89.2 cm³/mol. The molecule has 0 atom stereocenters. The van der Waals surface area contributed by atoms with Gasteiger partial charge >= 0.3 is 6.03 Å². The lowest BCUT2D eigenvalue weighted by Crippen LogP contribution is -2.46. The minimum Gasteiger partial charge on any atom is -0.381 e. The molecule has 0 unspecified atom stereocenters. The van der Waals surface area contributed by atoms with E-state index in [1.807, 2.05) is 42.5 Å². The molecule has 3 rings (SSSR count). The van der Waals surface area contributed by atoms with Crippen molar-refractivity contribution in [2.24, 2.45) is 0 Å². The number of urea groups is 1. The maximum atomic E-state index is 12.8. The van der Waals surface area contributed by atoms with E-state index in [1.54, 1.807) is 17.3 Å². The van der Waals surface area contributed by atoms with Gasteiger partial charge in [0.05, 0.1) is 6.54 Å². The highest BCUT2D eigenvalue weighted by Gasteiger charge is 2.21. The van der Waals surface area contributed by atoms with Crippen molar-refractivity contribution in [2.45, 2.75) is 25.4 Å². The van der Waals surface area contributed by atoms with Crippen LogP contribution in [-0.4, -0.2) is 30.3 Å². The number of ether oxygens (including phenoxy) is 1. The second kappa shape index (κ2) is 7.74. The average Bonchev–Trinajstić information content (AvgIpc) is 2.62. The molecule has 2 heterocycles. The summed E-state index contributed by atoms with van der Waals surface area (Å²) in [5, 5.41) is 3.12. The molecular formula is C18H21N3O2. The van der Waals surface area contributed by atoms with E-state index in [2.05, 4.69) is 10.3 Å². The van der Waals surface area contributed by atoms with Crippen LogP contribution in [0.5, 0.6) is 0 Å². The average molecular weight is 311 g/mol. The van der Waals surface area contributed by atoms with E-state index in [1.165, 1.54) is 0 Å². The summed E-state index contributed by atoms with van der Waals surface area (Å²) in [5.74, 6) is 0. The Morgan fingerprint density at radius 1 is 1.17 bits per heavy atom. The maximum Gasteiger partial charge on any atom is 0.322 e.